The molecule has 0 bridgehead atoms. The lowest BCUT2D eigenvalue weighted by Crippen LogP contribution is -2.23. The summed E-state index contributed by atoms with van der Waals surface area (Å²) in [6.07, 6.45) is 3.03. The number of ether oxygens (including phenoxy) is 1. The summed E-state index contributed by atoms with van der Waals surface area (Å²) in [5.74, 6) is 0.595. The van der Waals surface area contributed by atoms with E-state index in [4.69, 9.17) is 4.74 Å². The standard InChI is InChI=1S/C24H25N5O3/c30-22(18-4-3-12-25-14-18)15-26-13-11-17-7-9-19(10-8-17)27-24(31)32-16-23-28-20-5-1-2-6-21(20)29-23/h1-10,12,14,22,26,30H,11,13,15-16H2,(H,27,31)(H,28,29)/t22-/m0/s1. The molecule has 4 aromatic rings. The molecule has 2 aromatic heterocycles. The van der Waals surface area contributed by atoms with E-state index in [1.807, 2.05) is 60.7 Å². The number of nitrogens with zero attached hydrogens (tertiary/aromatic N) is 2. The van der Waals surface area contributed by atoms with Gasteiger partial charge in [-0.15, -0.1) is 0 Å². The van der Waals surface area contributed by atoms with Crippen molar-refractivity contribution in [1.29, 1.82) is 0 Å². The van der Waals surface area contributed by atoms with E-state index in [1.165, 1.54) is 0 Å². The molecule has 4 rings (SSSR count). The molecule has 0 spiro atoms. The lowest BCUT2D eigenvalue weighted by molar-refractivity contribution is 0.152. The third kappa shape index (κ3) is 5.90. The minimum atomic E-state index is -0.583. The van der Waals surface area contributed by atoms with Crippen molar-refractivity contribution in [2.24, 2.45) is 0 Å². The van der Waals surface area contributed by atoms with Crippen LogP contribution in [0.2, 0.25) is 0 Å². The van der Waals surface area contributed by atoms with E-state index in [-0.39, 0.29) is 6.61 Å². The molecule has 2 aromatic carbocycles. The molecular formula is C24H25N5O3. The number of nitrogens with one attached hydrogen (secondary N) is 3. The van der Waals surface area contributed by atoms with E-state index >= 15 is 0 Å². The van der Waals surface area contributed by atoms with E-state index in [0.29, 0.717) is 18.1 Å². The Morgan fingerprint density at radius 2 is 1.94 bits per heavy atom. The van der Waals surface area contributed by atoms with E-state index in [9.17, 15) is 9.90 Å². The van der Waals surface area contributed by atoms with Gasteiger partial charge in [-0.3, -0.25) is 10.3 Å². The second-order valence-electron chi connectivity index (χ2n) is 7.35. The Kier molecular flexibility index (Phi) is 7.06. The van der Waals surface area contributed by atoms with Gasteiger partial charge in [0.2, 0.25) is 0 Å². The fourth-order valence-electron chi connectivity index (χ4n) is 3.28. The third-order valence-electron chi connectivity index (χ3n) is 4.98. The van der Waals surface area contributed by atoms with Gasteiger partial charge >= 0.3 is 6.09 Å². The van der Waals surface area contributed by atoms with Crippen LogP contribution in [0, 0.1) is 0 Å². The molecule has 0 aliphatic rings. The van der Waals surface area contributed by atoms with Crippen molar-refractivity contribution >= 4 is 22.8 Å². The highest BCUT2D eigenvalue weighted by atomic mass is 16.5. The zero-order valence-corrected chi connectivity index (χ0v) is 17.5. The van der Waals surface area contributed by atoms with Crippen LogP contribution in [0.25, 0.3) is 11.0 Å². The van der Waals surface area contributed by atoms with E-state index in [2.05, 4.69) is 25.6 Å². The maximum atomic E-state index is 12.1. The van der Waals surface area contributed by atoms with E-state index in [1.54, 1.807) is 12.4 Å². The molecule has 32 heavy (non-hydrogen) atoms. The Morgan fingerprint density at radius 3 is 2.72 bits per heavy atom. The number of carbonyl (C=O) groups is 1. The van der Waals surface area contributed by atoms with Gasteiger partial charge < -0.3 is 20.1 Å². The molecule has 0 saturated carbocycles. The van der Waals surface area contributed by atoms with Crippen LogP contribution in [0.1, 0.15) is 23.1 Å². The van der Waals surface area contributed by atoms with Gasteiger partial charge in [0.25, 0.3) is 0 Å². The Bertz CT molecular complexity index is 1110. The Hall–Kier alpha value is -3.75. The number of aromatic amines is 1. The number of hydrogen-bond donors (Lipinski definition) is 4. The zero-order chi connectivity index (χ0) is 22.2. The fourth-order valence-corrected chi connectivity index (χ4v) is 3.28. The van der Waals surface area contributed by atoms with Crippen LogP contribution in [-0.4, -0.2) is 39.2 Å². The van der Waals surface area contributed by atoms with Crippen molar-refractivity contribution in [3.05, 3.63) is 90.0 Å². The molecule has 8 heteroatoms. The van der Waals surface area contributed by atoms with Crippen LogP contribution in [0.5, 0.6) is 0 Å². The number of aromatic nitrogens is 3. The summed E-state index contributed by atoms with van der Waals surface area (Å²) in [7, 11) is 0. The van der Waals surface area contributed by atoms with Crippen LogP contribution >= 0.6 is 0 Å². The van der Waals surface area contributed by atoms with Crippen LogP contribution in [-0.2, 0) is 17.8 Å². The largest absolute Gasteiger partial charge is 0.441 e. The molecule has 1 amide bonds. The highest BCUT2D eigenvalue weighted by molar-refractivity contribution is 5.84. The first-order valence-corrected chi connectivity index (χ1v) is 10.4. The zero-order valence-electron chi connectivity index (χ0n) is 17.5. The highest BCUT2D eigenvalue weighted by Crippen LogP contribution is 2.13. The minimum absolute atomic E-state index is 0.0646. The number of rotatable bonds is 9. The van der Waals surface area contributed by atoms with Gasteiger partial charge in [-0.05, 0) is 48.9 Å². The van der Waals surface area contributed by atoms with Crippen molar-refractivity contribution in [2.45, 2.75) is 19.1 Å². The van der Waals surface area contributed by atoms with Crippen molar-refractivity contribution in [2.75, 3.05) is 18.4 Å². The summed E-state index contributed by atoms with van der Waals surface area (Å²) < 4.78 is 5.25. The van der Waals surface area contributed by atoms with Crippen molar-refractivity contribution < 1.29 is 14.6 Å². The van der Waals surface area contributed by atoms with Gasteiger partial charge in [0.15, 0.2) is 6.61 Å². The maximum Gasteiger partial charge on any atom is 0.412 e. The number of imidazole rings is 1. The van der Waals surface area contributed by atoms with Crippen LogP contribution in [0.15, 0.2) is 73.1 Å². The molecule has 8 nitrogen and oxygen atoms in total. The van der Waals surface area contributed by atoms with Gasteiger partial charge in [0, 0.05) is 30.2 Å². The number of amides is 1. The predicted octanol–water partition coefficient (Wildman–Crippen LogP) is 3.57. The summed E-state index contributed by atoms with van der Waals surface area (Å²) in [6, 6.07) is 18.9. The lowest BCUT2D eigenvalue weighted by atomic mass is 10.1. The molecule has 0 saturated heterocycles. The Balaban J connectivity index is 1.17. The number of hydrogen-bond acceptors (Lipinski definition) is 6. The molecule has 0 fully saturated rings. The number of para-hydroxylation sites is 2. The normalized spacial score (nSPS) is 11.9. The Morgan fingerprint density at radius 1 is 1.09 bits per heavy atom. The number of pyridine rings is 1. The SMILES string of the molecule is O=C(Nc1ccc(CCNC[C@H](O)c2cccnc2)cc1)OCc1nc2ccccc2[nH]1. The van der Waals surface area contributed by atoms with Crippen molar-refractivity contribution in [1.82, 2.24) is 20.3 Å². The third-order valence-corrected chi connectivity index (χ3v) is 4.98. The smallest absolute Gasteiger partial charge is 0.412 e. The van der Waals surface area contributed by atoms with Gasteiger partial charge in [-0.25, -0.2) is 9.78 Å². The monoisotopic (exact) mass is 431 g/mol. The molecule has 0 radical (unpaired) electrons. The molecule has 2 heterocycles. The molecule has 1 atom stereocenters. The minimum Gasteiger partial charge on any atom is -0.441 e. The second-order valence-corrected chi connectivity index (χ2v) is 7.35. The van der Waals surface area contributed by atoms with Crippen LogP contribution in [0.4, 0.5) is 10.5 Å². The average Bonchev–Trinajstić information content (AvgIpc) is 3.25. The second kappa shape index (κ2) is 10.5. The van der Waals surface area contributed by atoms with Crippen LogP contribution in [0.3, 0.4) is 0 Å². The summed E-state index contributed by atoms with van der Waals surface area (Å²) >= 11 is 0. The topological polar surface area (TPSA) is 112 Å². The predicted molar refractivity (Wildman–Crippen MR) is 122 cm³/mol. The summed E-state index contributed by atoms with van der Waals surface area (Å²) in [4.78, 5) is 23.6. The van der Waals surface area contributed by atoms with Crippen molar-refractivity contribution in [3.63, 3.8) is 0 Å². The van der Waals surface area contributed by atoms with Gasteiger partial charge in [0.1, 0.15) is 5.82 Å². The quantitative estimate of drug-likeness (QED) is 0.302. The first-order chi connectivity index (χ1) is 15.7. The lowest BCUT2D eigenvalue weighted by Gasteiger charge is -2.12. The first kappa shape index (κ1) is 21.5. The van der Waals surface area contributed by atoms with E-state index in [0.717, 1.165) is 35.1 Å². The van der Waals surface area contributed by atoms with E-state index < -0.39 is 12.2 Å². The molecule has 164 valence electrons. The molecule has 4 N–H and O–H groups in total. The molecule has 0 aliphatic carbocycles. The Labute approximate surface area is 185 Å². The fraction of sp³-hybridized carbons (Fsp3) is 0.208. The maximum absolute atomic E-state index is 12.1. The molecule has 0 unspecified atom stereocenters. The highest BCUT2D eigenvalue weighted by Gasteiger charge is 2.08. The van der Waals surface area contributed by atoms with Gasteiger partial charge in [-0.2, -0.15) is 0 Å². The average molecular weight is 431 g/mol. The number of fused-ring (bicyclic) bond motifs is 1. The number of H-pyrrole nitrogens is 1. The summed E-state index contributed by atoms with van der Waals surface area (Å²) in [5.41, 5.74) is 4.31. The first-order valence-electron chi connectivity index (χ1n) is 10.4. The number of aliphatic hydroxyl groups is 1. The van der Waals surface area contributed by atoms with Crippen molar-refractivity contribution in [3.8, 4) is 0 Å². The summed E-state index contributed by atoms with van der Waals surface area (Å²) in [5, 5.41) is 16.1. The number of anilines is 1. The summed E-state index contributed by atoms with van der Waals surface area (Å²) in [6.45, 7) is 1.25. The van der Waals surface area contributed by atoms with Crippen LogP contribution < -0.4 is 10.6 Å². The number of carbonyl (C=O) groups excluding carboxylic acids is 1. The molecular weight excluding hydrogens is 406 g/mol. The number of benzene rings is 2. The molecule has 0 aliphatic heterocycles. The number of aliphatic hydroxyl groups excluding tert-OH is 1. The van der Waals surface area contributed by atoms with Gasteiger partial charge in [0.05, 0.1) is 17.1 Å². The van der Waals surface area contributed by atoms with Gasteiger partial charge in [-0.1, -0.05) is 30.3 Å².